The van der Waals surface area contributed by atoms with Crippen molar-refractivity contribution in [3.05, 3.63) is 0 Å². The Hall–Kier alpha value is -2.22. The van der Waals surface area contributed by atoms with Crippen LogP contribution in [0.4, 0.5) is 0 Å². The van der Waals surface area contributed by atoms with Crippen LogP contribution in [0, 0.1) is 0 Å². The summed E-state index contributed by atoms with van der Waals surface area (Å²) in [4.78, 5) is 58.3. The first kappa shape index (κ1) is 51.5. The number of ketones is 1. The van der Waals surface area contributed by atoms with E-state index < -0.39 is 35.8 Å². The predicted molar refractivity (Wildman–Crippen MR) is 134 cm³/mol. The van der Waals surface area contributed by atoms with Crippen molar-refractivity contribution in [2.45, 2.75) is 106 Å². The van der Waals surface area contributed by atoms with Gasteiger partial charge in [0.05, 0.1) is 19.8 Å². The zero-order chi connectivity index (χ0) is 32.6. The maximum atomic E-state index is 11.7. The minimum Gasteiger partial charge on any atom is -0.550 e. The predicted octanol–water partition coefficient (Wildman–Crippen LogP) is -1.37. The summed E-state index contributed by atoms with van der Waals surface area (Å²) in [7, 11) is 0. The Morgan fingerprint density at radius 3 is 1.00 bits per heavy atom. The minimum atomic E-state index is -1.38. The molecule has 0 aliphatic heterocycles. The van der Waals surface area contributed by atoms with Crippen LogP contribution in [-0.2, 0) is 73.9 Å². The Labute approximate surface area is 262 Å². The average Bonchev–Trinajstić information content (AvgIpc) is 2.76. The van der Waals surface area contributed by atoms with Gasteiger partial charge in [0.25, 0.3) is 0 Å². The van der Waals surface area contributed by atoms with Crippen LogP contribution < -0.4 is 20.4 Å². The van der Waals surface area contributed by atoms with Gasteiger partial charge in [-0.1, -0.05) is 40.0 Å². The van der Waals surface area contributed by atoms with E-state index in [1.165, 1.54) is 6.92 Å². The van der Waals surface area contributed by atoms with E-state index in [9.17, 15) is 9.59 Å². The summed E-state index contributed by atoms with van der Waals surface area (Å²) < 4.78 is 22.6. The molecular weight excluding hydrogens is 627 g/mol. The van der Waals surface area contributed by atoms with Gasteiger partial charge in [0.2, 0.25) is 0 Å². The molecule has 0 aromatic carbocycles. The maximum Gasteiger partial charge on any atom is 4.00 e. The van der Waals surface area contributed by atoms with Crippen molar-refractivity contribution in [2.75, 3.05) is 26.4 Å². The summed E-state index contributed by atoms with van der Waals surface area (Å²) in [5, 5.41) is 35.6. The molecule has 0 spiro atoms. The number of ether oxygens (including phenoxy) is 4. The zero-order valence-corrected chi connectivity index (χ0v) is 28.0. The molecule has 0 bridgehead atoms. The maximum absolute atomic E-state index is 11.7. The third kappa shape index (κ3) is 72.8. The van der Waals surface area contributed by atoms with Crippen LogP contribution in [0.3, 0.4) is 0 Å². The van der Waals surface area contributed by atoms with Gasteiger partial charge in [-0.25, -0.2) is 0 Å². The fourth-order valence-corrected chi connectivity index (χ4v) is 1.79. The van der Waals surface area contributed by atoms with Gasteiger partial charge in [0.1, 0.15) is 12.2 Å². The number of carboxylic acid groups (broad SMARTS) is 4. The Balaban J connectivity index is -0.000000147. The number of Topliss-reactive ketones (excluding diaryl/α,β-unsaturated/α-hetero) is 1. The van der Waals surface area contributed by atoms with Crippen molar-refractivity contribution in [3.63, 3.8) is 0 Å². The number of rotatable bonds is 16. The van der Waals surface area contributed by atoms with Crippen LogP contribution in [0.2, 0.25) is 0 Å². The van der Waals surface area contributed by atoms with Crippen molar-refractivity contribution in [1.29, 1.82) is 0 Å². The van der Waals surface area contributed by atoms with Crippen molar-refractivity contribution in [2.24, 2.45) is 0 Å². The van der Waals surface area contributed by atoms with E-state index in [1.54, 1.807) is 0 Å². The van der Waals surface area contributed by atoms with Gasteiger partial charge in [-0.2, -0.15) is 0 Å². The summed E-state index contributed by atoms with van der Waals surface area (Å²) in [6.45, 7) is 12.6. The van der Waals surface area contributed by atoms with Crippen molar-refractivity contribution in [1.82, 2.24) is 0 Å². The Bertz CT molecular complexity index is 593. The van der Waals surface area contributed by atoms with Crippen LogP contribution in [0.25, 0.3) is 0 Å². The van der Waals surface area contributed by atoms with E-state index in [0.29, 0.717) is 19.8 Å². The molecule has 14 nitrogen and oxygen atoms in total. The first-order valence-corrected chi connectivity index (χ1v) is 12.7. The molecule has 0 rings (SSSR count). The zero-order valence-electron chi connectivity index (χ0n) is 25.5. The van der Waals surface area contributed by atoms with Gasteiger partial charge in [0.15, 0.2) is 6.61 Å². The molecule has 0 aliphatic rings. The van der Waals surface area contributed by atoms with E-state index in [2.05, 4.69) is 20.8 Å². The largest absolute Gasteiger partial charge is 4.00 e. The van der Waals surface area contributed by atoms with Crippen molar-refractivity contribution < 1.29 is 94.3 Å². The Morgan fingerprint density at radius 2 is 0.805 bits per heavy atom. The van der Waals surface area contributed by atoms with E-state index in [0.717, 1.165) is 66.2 Å². The number of aliphatic carboxylic acids is 4. The van der Waals surface area contributed by atoms with E-state index in [1.807, 2.05) is 0 Å². The molecule has 0 amide bonds. The van der Waals surface area contributed by atoms with Crippen LogP contribution >= 0.6 is 0 Å². The third-order valence-electron chi connectivity index (χ3n) is 3.26. The van der Waals surface area contributed by atoms with E-state index in [-0.39, 0.29) is 45.0 Å². The van der Waals surface area contributed by atoms with Gasteiger partial charge < -0.3 is 58.6 Å². The molecule has 0 radical (unpaired) electrons. The van der Waals surface area contributed by atoms with Crippen LogP contribution in [0.15, 0.2) is 0 Å². The summed E-state index contributed by atoms with van der Waals surface area (Å²) >= 11 is 0. The van der Waals surface area contributed by atoms with Crippen LogP contribution in [-0.4, -0.2) is 68.0 Å². The summed E-state index contributed by atoms with van der Waals surface area (Å²) in [6, 6.07) is 0. The standard InChI is InChI=1S/C18H34O6.4C2H4O2.Zr/c1-5-8-11-22-18(23-12-9-6-2,24-13-10-7-3)15-21-17(20)14-16(4)19;4*1-2(3)4;/h5-15H2,1-4H3;4*1H3,(H,3,4);/q;;;;;+4/p-4. The minimum absolute atomic E-state index is 0. The molecule has 0 unspecified atom stereocenters. The third-order valence-corrected chi connectivity index (χ3v) is 3.26. The Morgan fingerprint density at radius 1 is 0.561 bits per heavy atom. The molecule has 0 fully saturated rings. The van der Waals surface area contributed by atoms with Crippen LogP contribution in [0.1, 0.15) is 100 Å². The van der Waals surface area contributed by atoms with E-state index in [4.69, 9.17) is 58.6 Å². The molecule has 0 aliphatic carbocycles. The molecule has 238 valence electrons. The first-order chi connectivity index (χ1) is 18.4. The molecule has 41 heavy (non-hydrogen) atoms. The SMILES string of the molecule is CC(=O)[O-].CC(=O)[O-].CC(=O)[O-].CC(=O)[O-].CCCCOC(COC(=O)CC(C)=O)(OCCCC)OCCCC.[Zr+4]. The quantitative estimate of drug-likeness (QED) is 0.0797. The summed E-state index contributed by atoms with van der Waals surface area (Å²) in [5.74, 6) is -6.55. The normalized spacial score (nSPS) is 9.17. The molecule has 0 N–H and O–H groups in total. The van der Waals surface area contributed by atoms with Crippen molar-refractivity contribution in [3.8, 4) is 0 Å². The Kier molecular flexibility index (Phi) is 47.5. The average molecular weight is 674 g/mol. The van der Waals surface area contributed by atoms with Gasteiger partial charge in [-0.3, -0.25) is 9.59 Å². The van der Waals surface area contributed by atoms with Crippen LogP contribution in [0.5, 0.6) is 0 Å². The number of carbonyl (C=O) groups is 6. The monoisotopic (exact) mass is 672 g/mol. The summed E-state index contributed by atoms with van der Waals surface area (Å²) in [6.07, 6.45) is 5.25. The molecule has 0 atom stereocenters. The fraction of sp³-hybridized carbons (Fsp3) is 0.769. The molecule has 0 aromatic rings. The molecule has 0 saturated carbocycles. The number of carbonyl (C=O) groups excluding carboxylic acids is 6. The topological polar surface area (TPSA) is 232 Å². The second-order valence-electron chi connectivity index (χ2n) is 7.79. The number of hydrogen-bond acceptors (Lipinski definition) is 14. The first-order valence-electron chi connectivity index (χ1n) is 12.7. The molecule has 0 saturated heterocycles. The molecule has 0 heterocycles. The number of hydrogen-bond donors (Lipinski definition) is 0. The number of esters is 1. The van der Waals surface area contributed by atoms with Gasteiger partial charge in [-0.05, 0) is 53.9 Å². The fourth-order valence-electron chi connectivity index (χ4n) is 1.79. The second-order valence-corrected chi connectivity index (χ2v) is 7.79. The second kappa shape index (κ2) is 37.8. The molecule has 0 aromatic heterocycles. The molecule has 15 heteroatoms. The molecular formula is C26H46O14Zr. The number of unbranched alkanes of at least 4 members (excludes halogenated alkanes) is 3. The summed E-state index contributed by atoms with van der Waals surface area (Å²) in [5.41, 5.74) is 0. The smallest absolute Gasteiger partial charge is 0.550 e. The number of carboxylic acids is 4. The van der Waals surface area contributed by atoms with E-state index >= 15 is 0 Å². The van der Waals surface area contributed by atoms with Gasteiger partial charge >= 0.3 is 38.1 Å². The van der Waals surface area contributed by atoms with Gasteiger partial charge in [-0.15, -0.1) is 0 Å². The van der Waals surface area contributed by atoms with Gasteiger partial charge in [0, 0.05) is 23.9 Å². The van der Waals surface area contributed by atoms with Crippen molar-refractivity contribution >= 4 is 35.6 Å².